The van der Waals surface area contributed by atoms with Crippen molar-refractivity contribution in [1.29, 1.82) is 0 Å². The Morgan fingerprint density at radius 1 is 1.26 bits per heavy atom. The zero-order valence-electron chi connectivity index (χ0n) is 10.8. The van der Waals surface area contributed by atoms with Crippen LogP contribution in [0.1, 0.15) is 18.4 Å². The Morgan fingerprint density at radius 3 is 2.47 bits per heavy atom. The molecule has 1 aromatic rings. The second-order valence-electron chi connectivity index (χ2n) is 5.28. The van der Waals surface area contributed by atoms with Crippen LogP contribution in [0.4, 0.5) is 8.78 Å². The van der Waals surface area contributed by atoms with Gasteiger partial charge in [0.05, 0.1) is 12.7 Å². The normalized spacial score (nSPS) is 29.2. The maximum atomic E-state index is 13.3. The summed E-state index contributed by atoms with van der Waals surface area (Å²) in [5.41, 5.74) is 0.389. The van der Waals surface area contributed by atoms with E-state index in [9.17, 15) is 19.0 Å². The third-order valence-corrected chi connectivity index (χ3v) is 3.89. The summed E-state index contributed by atoms with van der Waals surface area (Å²) in [5, 5.41) is 22.9. The van der Waals surface area contributed by atoms with Crippen molar-refractivity contribution in [3.8, 4) is 0 Å². The minimum Gasteiger partial charge on any atom is -0.396 e. The van der Waals surface area contributed by atoms with E-state index in [2.05, 4.69) is 5.32 Å². The van der Waals surface area contributed by atoms with Gasteiger partial charge in [-0.2, -0.15) is 0 Å². The Balaban J connectivity index is 2.28. The van der Waals surface area contributed by atoms with Crippen molar-refractivity contribution in [2.45, 2.75) is 18.9 Å². The number of benzene rings is 1. The van der Waals surface area contributed by atoms with Gasteiger partial charge < -0.3 is 15.5 Å². The fourth-order valence-corrected chi connectivity index (χ4v) is 2.80. The number of hydrogen-bond acceptors (Lipinski definition) is 3. The van der Waals surface area contributed by atoms with Crippen molar-refractivity contribution >= 4 is 0 Å². The average molecular weight is 271 g/mol. The molecule has 19 heavy (non-hydrogen) atoms. The molecule has 0 radical (unpaired) electrons. The lowest BCUT2D eigenvalue weighted by atomic mass is 9.77. The van der Waals surface area contributed by atoms with Gasteiger partial charge in [-0.05, 0) is 23.6 Å². The van der Waals surface area contributed by atoms with Crippen molar-refractivity contribution in [3.05, 3.63) is 35.4 Å². The number of aliphatic hydroxyl groups excluding tert-OH is 2. The molecular formula is C14H19F2NO2. The highest BCUT2D eigenvalue weighted by Crippen LogP contribution is 2.32. The van der Waals surface area contributed by atoms with Crippen LogP contribution in [0.5, 0.6) is 0 Å². The summed E-state index contributed by atoms with van der Waals surface area (Å²) in [6.07, 6.45) is -0.593. The Kier molecular flexibility index (Phi) is 4.50. The van der Waals surface area contributed by atoms with Gasteiger partial charge in [-0.25, -0.2) is 8.78 Å². The molecule has 1 fully saturated rings. The van der Waals surface area contributed by atoms with Crippen molar-refractivity contribution in [2.24, 2.45) is 11.8 Å². The van der Waals surface area contributed by atoms with E-state index < -0.39 is 23.7 Å². The first-order chi connectivity index (χ1) is 9.02. The van der Waals surface area contributed by atoms with Gasteiger partial charge in [0, 0.05) is 31.0 Å². The molecule has 1 unspecified atom stereocenters. The fourth-order valence-electron chi connectivity index (χ4n) is 2.80. The number of halogens is 2. The Bertz CT molecular complexity index is 421. The topological polar surface area (TPSA) is 52.5 Å². The first-order valence-electron chi connectivity index (χ1n) is 6.48. The van der Waals surface area contributed by atoms with Gasteiger partial charge in [-0.1, -0.05) is 6.92 Å². The van der Waals surface area contributed by atoms with Crippen LogP contribution < -0.4 is 5.32 Å². The van der Waals surface area contributed by atoms with E-state index in [4.69, 9.17) is 0 Å². The lowest BCUT2D eigenvalue weighted by Crippen LogP contribution is -2.48. The molecule has 3 N–H and O–H groups in total. The smallest absolute Gasteiger partial charge is 0.126 e. The van der Waals surface area contributed by atoms with Crippen LogP contribution in [0.15, 0.2) is 18.2 Å². The summed E-state index contributed by atoms with van der Waals surface area (Å²) in [6, 6.07) is 3.24. The maximum Gasteiger partial charge on any atom is 0.126 e. The summed E-state index contributed by atoms with van der Waals surface area (Å²) in [5.74, 6) is -2.02. The standard InChI is InChI=1S/C14H19F2NO2/c1-8-5-17-6-12(14(8)19)13(7-18)9-2-10(15)4-11(16)3-9/h2-4,8,12-14,17-19H,5-7H2,1H3/t8-,12-,13?,14+/m1/s1. The molecule has 1 aliphatic rings. The molecule has 0 saturated carbocycles. The van der Waals surface area contributed by atoms with Crippen molar-refractivity contribution in [3.63, 3.8) is 0 Å². The molecular weight excluding hydrogens is 252 g/mol. The Labute approximate surface area is 111 Å². The molecule has 5 heteroatoms. The van der Waals surface area contributed by atoms with Crippen LogP contribution in [-0.2, 0) is 0 Å². The van der Waals surface area contributed by atoms with E-state index in [1.807, 2.05) is 6.92 Å². The summed E-state index contributed by atoms with van der Waals surface area (Å²) in [4.78, 5) is 0. The molecule has 0 bridgehead atoms. The molecule has 2 rings (SSSR count). The summed E-state index contributed by atoms with van der Waals surface area (Å²) < 4.78 is 26.5. The highest BCUT2D eigenvalue weighted by molar-refractivity contribution is 5.23. The van der Waals surface area contributed by atoms with Gasteiger partial charge in [-0.15, -0.1) is 0 Å². The van der Waals surface area contributed by atoms with Gasteiger partial charge in [-0.3, -0.25) is 0 Å². The van der Waals surface area contributed by atoms with Gasteiger partial charge >= 0.3 is 0 Å². The molecule has 1 saturated heterocycles. The SMILES string of the molecule is C[C@@H]1CNC[C@H](C(CO)c2cc(F)cc(F)c2)[C@H]1O. The third kappa shape index (κ3) is 3.11. The summed E-state index contributed by atoms with van der Waals surface area (Å²) in [7, 11) is 0. The second-order valence-corrected chi connectivity index (χ2v) is 5.28. The minimum absolute atomic E-state index is 0.0474. The van der Waals surface area contributed by atoms with Crippen molar-refractivity contribution < 1.29 is 19.0 Å². The predicted molar refractivity (Wildman–Crippen MR) is 67.7 cm³/mol. The molecule has 0 aliphatic carbocycles. The van der Waals surface area contributed by atoms with E-state index in [-0.39, 0.29) is 18.4 Å². The molecule has 3 nitrogen and oxygen atoms in total. The van der Waals surface area contributed by atoms with Crippen LogP contribution in [-0.4, -0.2) is 36.0 Å². The zero-order valence-corrected chi connectivity index (χ0v) is 10.8. The fraction of sp³-hybridized carbons (Fsp3) is 0.571. The quantitative estimate of drug-likeness (QED) is 0.775. The van der Waals surface area contributed by atoms with Crippen LogP contribution in [0.3, 0.4) is 0 Å². The van der Waals surface area contributed by atoms with Gasteiger partial charge in [0.25, 0.3) is 0 Å². The monoisotopic (exact) mass is 271 g/mol. The summed E-state index contributed by atoms with van der Waals surface area (Å²) in [6.45, 7) is 2.88. The van der Waals surface area contributed by atoms with Gasteiger partial charge in [0.15, 0.2) is 0 Å². The highest BCUT2D eigenvalue weighted by Gasteiger charge is 2.35. The van der Waals surface area contributed by atoms with Crippen LogP contribution in [0.2, 0.25) is 0 Å². The lowest BCUT2D eigenvalue weighted by molar-refractivity contribution is 0.0129. The zero-order chi connectivity index (χ0) is 14.0. The maximum absolute atomic E-state index is 13.3. The lowest BCUT2D eigenvalue weighted by Gasteiger charge is -2.38. The van der Waals surface area contributed by atoms with Gasteiger partial charge in [0.2, 0.25) is 0 Å². The molecule has 1 heterocycles. The van der Waals surface area contributed by atoms with Gasteiger partial charge in [0.1, 0.15) is 11.6 Å². The molecule has 1 aliphatic heterocycles. The van der Waals surface area contributed by atoms with Crippen LogP contribution in [0.25, 0.3) is 0 Å². The first-order valence-corrected chi connectivity index (χ1v) is 6.48. The van der Waals surface area contributed by atoms with E-state index in [1.54, 1.807) is 0 Å². The third-order valence-electron chi connectivity index (χ3n) is 3.89. The Hall–Kier alpha value is -1.04. The highest BCUT2D eigenvalue weighted by atomic mass is 19.1. The summed E-state index contributed by atoms with van der Waals surface area (Å²) >= 11 is 0. The van der Waals surface area contributed by atoms with E-state index in [0.717, 1.165) is 6.07 Å². The number of aliphatic hydroxyl groups is 2. The van der Waals surface area contributed by atoms with Crippen LogP contribution >= 0.6 is 0 Å². The van der Waals surface area contributed by atoms with E-state index >= 15 is 0 Å². The first kappa shape index (κ1) is 14.4. The van der Waals surface area contributed by atoms with Crippen molar-refractivity contribution in [1.82, 2.24) is 5.32 Å². The average Bonchev–Trinajstić information content (AvgIpc) is 2.34. The minimum atomic E-state index is -0.667. The molecule has 0 spiro atoms. The van der Waals surface area contributed by atoms with Crippen molar-refractivity contribution in [2.75, 3.05) is 19.7 Å². The molecule has 0 aromatic heterocycles. The number of rotatable bonds is 3. The van der Waals surface area contributed by atoms with Crippen LogP contribution in [0, 0.1) is 23.5 Å². The molecule has 106 valence electrons. The predicted octanol–water partition coefficient (Wildman–Crippen LogP) is 1.26. The number of hydrogen-bond donors (Lipinski definition) is 3. The number of piperidine rings is 1. The van der Waals surface area contributed by atoms with E-state index in [0.29, 0.717) is 18.7 Å². The number of nitrogens with one attached hydrogen (secondary N) is 1. The molecule has 4 atom stereocenters. The molecule has 0 amide bonds. The largest absolute Gasteiger partial charge is 0.396 e. The second kappa shape index (κ2) is 5.94. The van der Waals surface area contributed by atoms with E-state index in [1.165, 1.54) is 12.1 Å². The Morgan fingerprint density at radius 2 is 1.89 bits per heavy atom. The molecule has 1 aromatic carbocycles.